The highest BCUT2D eigenvalue weighted by molar-refractivity contribution is 8.00. The summed E-state index contributed by atoms with van der Waals surface area (Å²) in [7, 11) is 1.87. The second-order valence-electron chi connectivity index (χ2n) is 6.17. The largest absolute Gasteiger partial charge is 0.355 e. The molecule has 6 nitrogen and oxygen atoms in total. The molecule has 2 rings (SSSR count). The number of piperazine rings is 1. The number of nitrogens with zero attached hydrogens (tertiary/aromatic N) is 4. The molecule has 2 fully saturated rings. The minimum Gasteiger partial charge on any atom is -0.355 e. The molecular weight excluding hydrogens is 310 g/mol. The second-order valence-corrected chi connectivity index (χ2v) is 7.58. The quantitative estimate of drug-likeness (QED) is 0.598. The SMILES string of the molecule is CCC1CN(C(=NC)NCCN2CCN(C(C)=O)CC2)CCS1. The Bertz CT molecular complexity index is 409. The molecular formula is C16H31N5OS. The minimum atomic E-state index is 0.191. The Kier molecular flexibility index (Phi) is 7.49. The molecule has 1 N–H and O–H groups in total. The number of guanidine groups is 1. The van der Waals surface area contributed by atoms with Crippen molar-refractivity contribution in [3.05, 3.63) is 0 Å². The van der Waals surface area contributed by atoms with Crippen LogP contribution in [0.5, 0.6) is 0 Å². The Morgan fingerprint density at radius 1 is 1.22 bits per heavy atom. The maximum absolute atomic E-state index is 11.3. The lowest BCUT2D eigenvalue weighted by Gasteiger charge is -2.36. The van der Waals surface area contributed by atoms with Crippen LogP contribution in [0.1, 0.15) is 20.3 Å². The van der Waals surface area contributed by atoms with Crippen molar-refractivity contribution < 1.29 is 4.79 Å². The summed E-state index contributed by atoms with van der Waals surface area (Å²) in [4.78, 5) is 22.5. The van der Waals surface area contributed by atoms with Crippen molar-refractivity contribution in [1.82, 2.24) is 20.0 Å². The van der Waals surface area contributed by atoms with Gasteiger partial charge in [-0.25, -0.2) is 0 Å². The average molecular weight is 342 g/mol. The molecule has 2 heterocycles. The first-order chi connectivity index (χ1) is 11.1. The van der Waals surface area contributed by atoms with Crippen LogP contribution in [0.25, 0.3) is 0 Å². The third kappa shape index (κ3) is 5.57. The number of hydrogen-bond acceptors (Lipinski definition) is 4. The number of carbonyl (C=O) groups is 1. The van der Waals surface area contributed by atoms with Crippen molar-refractivity contribution in [3.8, 4) is 0 Å². The van der Waals surface area contributed by atoms with Gasteiger partial charge >= 0.3 is 0 Å². The second kappa shape index (κ2) is 9.37. The molecule has 0 bridgehead atoms. The van der Waals surface area contributed by atoms with Gasteiger partial charge in [0.25, 0.3) is 0 Å². The van der Waals surface area contributed by atoms with E-state index in [1.807, 2.05) is 11.9 Å². The van der Waals surface area contributed by atoms with E-state index in [2.05, 4.69) is 38.8 Å². The van der Waals surface area contributed by atoms with E-state index in [-0.39, 0.29) is 5.91 Å². The molecule has 132 valence electrons. The van der Waals surface area contributed by atoms with E-state index in [1.165, 1.54) is 12.2 Å². The van der Waals surface area contributed by atoms with Gasteiger partial charge in [0, 0.05) is 77.3 Å². The van der Waals surface area contributed by atoms with Crippen LogP contribution in [0.4, 0.5) is 0 Å². The van der Waals surface area contributed by atoms with Crippen molar-refractivity contribution in [3.63, 3.8) is 0 Å². The molecule has 0 radical (unpaired) electrons. The normalized spacial score (nSPS) is 24.0. The predicted molar refractivity (Wildman–Crippen MR) is 98.2 cm³/mol. The van der Waals surface area contributed by atoms with Crippen LogP contribution in [0.2, 0.25) is 0 Å². The first-order valence-corrected chi connectivity index (χ1v) is 9.74. The van der Waals surface area contributed by atoms with Crippen molar-refractivity contribution in [2.75, 3.05) is 65.2 Å². The van der Waals surface area contributed by atoms with Crippen LogP contribution in [0.15, 0.2) is 4.99 Å². The van der Waals surface area contributed by atoms with Gasteiger partial charge < -0.3 is 15.1 Å². The summed E-state index contributed by atoms with van der Waals surface area (Å²) in [5.74, 6) is 2.41. The molecule has 1 atom stereocenters. The number of aliphatic imine (C=N–C) groups is 1. The van der Waals surface area contributed by atoms with Gasteiger partial charge in [0.05, 0.1) is 0 Å². The molecule has 0 aromatic rings. The van der Waals surface area contributed by atoms with Crippen LogP contribution in [0, 0.1) is 0 Å². The van der Waals surface area contributed by atoms with Crippen LogP contribution < -0.4 is 5.32 Å². The fraction of sp³-hybridized carbons (Fsp3) is 0.875. The lowest BCUT2D eigenvalue weighted by Crippen LogP contribution is -2.52. The minimum absolute atomic E-state index is 0.191. The summed E-state index contributed by atoms with van der Waals surface area (Å²) in [6.45, 7) is 11.7. The van der Waals surface area contributed by atoms with Crippen LogP contribution in [-0.4, -0.2) is 97.0 Å². The van der Waals surface area contributed by atoms with Crippen LogP contribution in [-0.2, 0) is 4.79 Å². The molecule has 0 saturated carbocycles. The van der Waals surface area contributed by atoms with Gasteiger partial charge in [-0.2, -0.15) is 11.8 Å². The first kappa shape index (κ1) is 18.4. The molecule has 2 aliphatic rings. The van der Waals surface area contributed by atoms with E-state index >= 15 is 0 Å². The van der Waals surface area contributed by atoms with E-state index in [1.54, 1.807) is 6.92 Å². The standard InChI is InChI=1S/C16H31N5OS/c1-4-15-13-21(11-12-23-15)16(17-3)18-5-6-19-7-9-20(10-8-19)14(2)22/h15H,4-13H2,1-3H3,(H,17,18). The highest BCUT2D eigenvalue weighted by Gasteiger charge is 2.22. The molecule has 1 amide bonds. The number of hydrogen-bond donors (Lipinski definition) is 1. The van der Waals surface area contributed by atoms with Gasteiger partial charge in [-0.3, -0.25) is 14.7 Å². The average Bonchev–Trinajstić information content (AvgIpc) is 2.59. The summed E-state index contributed by atoms with van der Waals surface area (Å²) >= 11 is 2.08. The molecule has 0 aliphatic carbocycles. The number of thioether (sulfide) groups is 1. The molecule has 0 spiro atoms. The van der Waals surface area contributed by atoms with Crippen molar-refractivity contribution in [1.29, 1.82) is 0 Å². The number of nitrogens with one attached hydrogen (secondary N) is 1. The zero-order valence-corrected chi connectivity index (χ0v) is 15.6. The third-order valence-corrected chi connectivity index (χ3v) is 6.01. The number of rotatable bonds is 4. The lowest BCUT2D eigenvalue weighted by molar-refractivity contribution is -0.130. The van der Waals surface area contributed by atoms with Gasteiger partial charge in [-0.15, -0.1) is 0 Å². The molecule has 0 aromatic carbocycles. The summed E-state index contributed by atoms with van der Waals surface area (Å²) in [6.07, 6.45) is 1.22. The Balaban J connectivity index is 1.69. The lowest BCUT2D eigenvalue weighted by atomic mass is 10.3. The van der Waals surface area contributed by atoms with Gasteiger partial charge in [-0.05, 0) is 6.42 Å². The predicted octanol–water partition coefficient (Wildman–Crippen LogP) is 0.553. The van der Waals surface area contributed by atoms with E-state index in [0.29, 0.717) is 0 Å². The number of carbonyl (C=O) groups excluding carboxylic acids is 1. The fourth-order valence-corrected chi connectivity index (χ4v) is 4.28. The van der Waals surface area contributed by atoms with Gasteiger partial charge in [-0.1, -0.05) is 6.92 Å². The summed E-state index contributed by atoms with van der Waals surface area (Å²) in [5.41, 5.74) is 0. The Morgan fingerprint density at radius 3 is 2.57 bits per heavy atom. The van der Waals surface area contributed by atoms with Crippen LogP contribution in [0.3, 0.4) is 0 Å². The maximum atomic E-state index is 11.3. The molecule has 1 unspecified atom stereocenters. The topological polar surface area (TPSA) is 51.2 Å². The fourth-order valence-electron chi connectivity index (χ4n) is 3.10. The highest BCUT2D eigenvalue weighted by Crippen LogP contribution is 2.20. The monoisotopic (exact) mass is 341 g/mol. The Morgan fingerprint density at radius 2 is 1.96 bits per heavy atom. The molecule has 2 aliphatic heterocycles. The van der Waals surface area contributed by atoms with E-state index in [4.69, 9.17) is 0 Å². The molecule has 23 heavy (non-hydrogen) atoms. The Hall–Kier alpha value is -0.950. The van der Waals surface area contributed by atoms with E-state index in [0.717, 1.165) is 63.6 Å². The van der Waals surface area contributed by atoms with Gasteiger partial charge in [0.15, 0.2) is 5.96 Å². The zero-order chi connectivity index (χ0) is 16.7. The Labute approximate surface area is 144 Å². The summed E-state index contributed by atoms with van der Waals surface area (Å²) in [6, 6.07) is 0. The molecule has 0 aromatic heterocycles. The first-order valence-electron chi connectivity index (χ1n) is 8.69. The van der Waals surface area contributed by atoms with Crippen molar-refractivity contribution in [2.45, 2.75) is 25.5 Å². The van der Waals surface area contributed by atoms with E-state index < -0.39 is 0 Å². The number of amides is 1. The van der Waals surface area contributed by atoms with Gasteiger partial charge in [0.2, 0.25) is 5.91 Å². The highest BCUT2D eigenvalue weighted by atomic mass is 32.2. The molecule has 7 heteroatoms. The van der Waals surface area contributed by atoms with Gasteiger partial charge in [0.1, 0.15) is 0 Å². The van der Waals surface area contributed by atoms with Crippen molar-refractivity contribution in [2.24, 2.45) is 4.99 Å². The summed E-state index contributed by atoms with van der Waals surface area (Å²) in [5, 5.41) is 4.23. The third-order valence-electron chi connectivity index (χ3n) is 4.63. The maximum Gasteiger partial charge on any atom is 0.219 e. The molecule has 2 saturated heterocycles. The smallest absolute Gasteiger partial charge is 0.219 e. The zero-order valence-electron chi connectivity index (χ0n) is 14.8. The van der Waals surface area contributed by atoms with Crippen molar-refractivity contribution >= 4 is 23.6 Å². The van der Waals surface area contributed by atoms with E-state index in [9.17, 15) is 4.79 Å². The summed E-state index contributed by atoms with van der Waals surface area (Å²) < 4.78 is 0. The van der Waals surface area contributed by atoms with Crippen LogP contribution >= 0.6 is 11.8 Å².